The molecule has 0 aliphatic rings. The first-order valence-electron chi connectivity index (χ1n) is 9.82. The van der Waals surface area contributed by atoms with Gasteiger partial charge in [-0.2, -0.15) is 0 Å². The minimum atomic E-state index is -0.778. The molecule has 0 fully saturated rings. The Balaban J connectivity index is 4.22. The van der Waals surface area contributed by atoms with Gasteiger partial charge >= 0.3 is 11.9 Å². The molecule has 0 aromatic carbocycles. The molecular weight excluding hydrogens is 336 g/mol. The summed E-state index contributed by atoms with van der Waals surface area (Å²) >= 11 is 0. The van der Waals surface area contributed by atoms with E-state index in [0.29, 0.717) is 12.8 Å². The second-order valence-electron chi connectivity index (χ2n) is 6.92. The van der Waals surface area contributed by atoms with E-state index in [1.807, 2.05) is 0 Å². The number of hydrogen-bond donors (Lipinski definition) is 1. The summed E-state index contributed by atoms with van der Waals surface area (Å²) in [6, 6.07) is 0. The highest BCUT2D eigenvalue weighted by molar-refractivity contribution is 5.77. The summed E-state index contributed by atoms with van der Waals surface area (Å²) in [7, 11) is 1.61. The van der Waals surface area contributed by atoms with E-state index in [2.05, 4.69) is 6.92 Å². The fourth-order valence-corrected chi connectivity index (χ4v) is 2.87. The summed E-state index contributed by atoms with van der Waals surface area (Å²) in [4.78, 5) is 34.1. The predicted octanol–water partition coefficient (Wildman–Crippen LogP) is 4.29. The quantitative estimate of drug-likeness (QED) is 0.303. The Hall–Kier alpha value is -1.43. The van der Waals surface area contributed by atoms with Crippen molar-refractivity contribution in [1.82, 2.24) is 0 Å². The Bertz CT molecular complexity index is 407. The molecule has 2 unspecified atom stereocenters. The smallest absolute Gasteiger partial charge is 0.308 e. The summed E-state index contributed by atoms with van der Waals surface area (Å²) in [6.07, 6.45) is 7.99. The molecule has 26 heavy (non-hydrogen) atoms. The van der Waals surface area contributed by atoms with Gasteiger partial charge in [-0.3, -0.25) is 14.4 Å². The number of carbonyl (C=O) groups excluding carboxylic acids is 2. The molecule has 1 N–H and O–H groups in total. The van der Waals surface area contributed by atoms with Crippen molar-refractivity contribution in [2.75, 3.05) is 7.11 Å². The number of esters is 1. The van der Waals surface area contributed by atoms with Crippen LogP contribution in [0.25, 0.3) is 0 Å². The molecule has 6 heteroatoms. The summed E-state index contributed by atoms with van der Waals surface area (Å²) in [5, 5.41) is 8.61. The van der Waals surface area contributed by atoms with Crippen LogP contribution in [0.15, 0.2) is 0 Å². The van der Waals surface area contributed by atoms with Gasteiger partial charge in [-0.1, -0.05) is 39.0 Å². The van der Waals surface area contributed by atoms with Crippen molar-refractivity contribution in [3.8, 4) is 0 Å². The number of unbranched alkanes of at least 4 members (excludes halogenated alkanes) is 5. The fraction of sp³-hybridized carbons (Fsp3) is 0.850. The highest BCUT2D eigenvalue weighted by Crippen LogP contribution is 2.16. The number of rotatable bonds is 17. The monoisotopic (exact) mass is 372 g/mol. The van der Waals surface area contributed by atoms with Crippen molar-refractivity contribution in [1.29, 1.82) is 0 Å². The Morgan fingerprint density at radius 3 is 2.08 bits per heavy atom. The molecule has 0 amide bonds. The molecule has 0 aliphatic carbocycles. The molecule has 0 aromatic rings. The van der Waals surface area contributed by atoms with Gasteiger partial charge in [0, 0.05) is 20.0 Å². The van der Waals surface area contributed by atoms with Crippen molar-refractivity contribution in [2.24, 2.45) is 0 Å². The van der Waals surface area contributed by atoms with Gasteiger partial charge in [0.25, 0.3) is 0 Å². The summed E-state index contributed by atoms with van der Waals surface area (Å²) in [6.45, 7) is 3.63. The standard InChI is InChI=1S/C20H36O6/c1-4-5-8-11-17(25-3)15-20(24)26-18(14-16(2)21)12-9-6-7-10-13-19(22)23/h17-18H,4-15H2,1-3H3,(H,22,23). The average molecular weight is 373 g/mol. The fourth-order valence-electron chi connectivity index (χ4n) is 2.87. The van der Waals surface area contributed by atoms with Gasteiger partial charge in [0.15, 0.2) is 0 Å². The summed E-state index contributed by atoms with van der Waals surface area (Å²) in [5.41, 5.74) is 0. The molecule has 0 radical (unpaired) electrons. The van der Waals surface area contributed by atoms with E-state index < -0.39 is 12.1 Å². The van der Waals surface area contributed by atoms with Crippen LogP contribution in [-0.2, 0) is 23.9 Å². The molecule has 2 atom stereocenters. The zero-order chi connectivity index (χ0) is 19.8. The Morgan fingerprint density at radius 2 is 1.50 bits per heavy atom. The molecule has 0 rings (SSSR count). The van der Waals surface area contributed by atoms with Crippen molar-refractivity contribution < 1.29 is 29.0 Å². The Morgan fingerprint density at radius 1 is 0.885 bits per heavy atom. The minimum absolute atomic E-state index is 0.0000791. The maximum atomic E-state index is 12.2. The second kappa shape index (κ2) is 15.8. The van der Waals surface area contributed by atoms with Crippen LogP contribution in [0.3, 0.4) is 0 Å². The molecule has 0 spiro atoms. The lowest BCUT2D eigenvalue weighted by Gasteiger charge is -2.19. The number of carbonyl (C=O) groups is 3. The lowest BCUT2D eigenvalue weighted by atomic mass is 10.0. The number of ether oxygens (including phenoxy) is 2. The number of hydrogen-bond acceptors (Lipinski definition) is 5. The minimum Gasteiger partial charge on any atom is -0.481 e. The van der Waals surface area contributed by atoms with Crippen LogP contribution >= 0.6 is 0 Å². The van der Waals surface area contributed by atoms with E-state index in [9.17, 15) is 14.4 Å². The molecule has 0 saturated heterocycles. The molecule has 0 bridgehead atoms. The van der Waals surface area contributed by atoms with Crippen molar-refractivity contribution in [2.45, 2.75) is 103 Å². The average Bonchev–Trinajstić information content (AvgIpc) is 2.56. The first-order valence-corrected chi connectivity index (χ1v) is 9.82. The normalized spacial score (nSPS) is 13.2. The summed E-state index contributed by atoms with van der Waals surface area (Å²) in [5.74, 6) is -1.09. The van der Waals surface area contributed by atoms with Gasteiger partial charge in [-0.05, 0) is 32.6 Å². The third kappa shape index (κ3) is 14.9. The number of Topliss-reactive ketones (excluding diaryl/α,β-unsaturated/α-hetero) is 1. The third-order valence-corrected chi connectivity index (χ3v) is 4.34. The maximum Gasteiger partial charge on any atom is 0.308 e. The van der Waals surface area contributed by atoms with Crippen LogP contribution in [0, 0.1) is 0 Å². The van der Waals surface area contributed by atoms with Gasteiger partial charge in [-0.15, -0.1) is 0 Å². The summed E-state index contributed by atoms with van der Waals surface area (Å²) < 4.78 is 10.9. The van der Waals surface area contributed by atoms with E-state index in [0.717, 1.165) is 44.9 Å². The van der Waals surface area contributed by atoms with E-state index in [1.165, 1.54) is 6.92 Å². The molecule has 152 valence electrons. The van der Waals surface area contributed by atoms with Gasteiger partial charge in [0.1, 0.15) is 11.9 Å². The zero-order valence-corrected chi connectivity index (χ0v) is 16.6. The van der Waals surface area contributed by atoms with E-state index in [4.69, 9.17) is 14.6 Å². The lowest BCUT2D eigenvalue weighted by Crippen LogP contribution is -2.24. The number of aliphatic carboxylic acids is 1. The second-order valence-corrected chi connectivity index (χ2v) is 6.92. The largest absolute Gasteiger partial charge is 0.481 e. The molecule has 6 nitrogen and oxygen atoms in total. The van der Waals surface area contributed by atoms with Crippen LogP contribution in [0.4, 0.5) is 0 Å². The number of carboxylic acid groups (broad SMARTS) is 1. The van der Waals surface area contributed by atoms with E-state index >= 15 is 0 Å². The molecule has 0 saturated carbocycles. The van der Waals surface area contributed by atoms with E-state index in [1.54, 1.807) is 7.11 Å². The first kappa shape index (κ1) is 24.6. The number of ketones is 1. The molecule has 0 aliphatic heterocycles. The Kier molecular flexibility index (Phi) is 14.9. The van der Waals surface area contributed by atoms with Crippen LogP contribution < -0.4 is 0 Å². The highest BCUT2D eigenvalue weighted by Gasteiger charge is 2.20. The van der Waals surface area contributed by atoms with Crippen LogP contribution in [0.2, 0.25) is 0 Å². The maximum absolute atomic E-state index is 12.2. The van der Waals surface area contributed by atoms with Crippen LogP contribution in [0.1, 0.15) is 90.9 Å². The van der Waals surface area contributed by atoms with Crippen molar-refractivity contribution in [3.63, 3.8) is 0 Å². The van der Waals surface area contributed by atoms with Gasteiger partial charge < -0.3 is 14.6 Å². The molecule has 0 heterocycles. The number of carboxylic acids is 1. The SMILES string of the molecule is CCCCCC(CC(=O)OC(CCCCCCC(=O)O)CC(C)=O)OC. The van der Waals surface area contributed by atoms with Gasteiger partial charge in [0.05, 0.1) is 12.5 Å². The first-order chi connectivity index (χ1) is 12.4. The van der Waals surface area contributed by atoms with Crippen LogP contribution in [-0.4, -0.2) is 42.1 Å². The van der Waals surface area contributed by atoms with Crippen molar-refractivity contribution in [3.05, 3.63) is 0 Å². The zero-order valence-electron chi connectivity index (χ0n) is 16.6. The van der Waals surface area contributed by atoms with Crippen molar-refractivity contribution >= 4 is 17.7 Å². The molecular formula is C20H36O6. The topological polar surface area (TPSA) is 89.9 Å². The van der Waals surface area contributed by atoms with Gasteiger partial charge in [0.2, 0.25) is 0 Å². The van der Waals surface area contributed by atoms with Crippen LogP contribution in [0.5, 0.6) is 0 Å². The predicted molar refractivity (Wildman–Crippen MR) is 100 cm³/mol. The van der Waals surface area contributed by atoms with E-state index in [-0.39, 0.29) is 37.1 Å². The molecule has 0 aromatic heterocycles. The van der Waals surface area contributed by atoms with Gasteiger partial charge in [-0.25, -0.2) is 0 Å². The lowest BCUT2D eigenvalue weighted by molar-refractivity contribution is -0.153. The highest BCUT2D eigenvalue weighted by atomic mass is 16.5. The third-order valence-electron chi connectivity index (χ3n) is 4.34. The Labute approximate surface area is 157 Å². The number of methoxy groups -OCH3 is 1.